The molecule has 0 aliphatic carbocycles. The summed E-state index contributed by atoms with van der Waals surface area (Å²) >= 11 is 0. The third kappa shape index (κ3) is 10.0. The molecule has 0 spiro atoms. The van der Waals surface area contributed by atoms with E-state index in [0.717, 1.165) is 11.7 Å². The van der Waals surface area contributed by atoms with Crippen LogP contribution in [0.5, 0.6) is 0 Å². The molecular formula is C18H31O2P. The highest BCUT2D eigenvalue weighted by atomic mass is 31.2. The predicted molar refractivity (Wildman–Crippen MR) is 93.0 cm³/mol. The lowest BCUT2D eigenvalue weighted by atomic mass is 10.1. The maximum Gasteiger partial charge on any atom is 0.202 e. The Morgan fingerprint density at radius 2 is 1.33 bits per heavy atom. The van der Waals surface area contributed by atoms with Gasteiger partial charge >= 0.3 is 0 Å². The molecule has 2 nitrogen and oxygen atoms in total. The highest BCUT2D eigenvalue weighted by molar-refractivity contribution is 7.55. The second-order valence-corrected chi connectivity index (χ2v) is 6.94. The molecular weight excluding hydrogens is 279 g/mol. The monoisotopic (exact) mass is 310 g/mol. The predicted octanol–water partition coefficient (Wildman–Crippen LogP) is 5.55. The molecule has 0 aliphatic heterocycles. The van der Waals surface area contributed by atoms with Crippen LogP contribution in [-0.4, -0.2) is 11.5 Å². The van der Waals surface area contributed by atoms with E-state index in [2.05, 4.69) is 6.92 Å². The van der Waals surface area contributed by atoms with Gasteiger partial charge in [-0.25, -0.2) is 0 Å². The molecule has 0 saturated carbocycles. The molecule has 0 aliphatic rings. The zero-order valence-corrected chi connectivity index (χ0v) is 14.4. The normalized spacial score (nSPS) is 12.5. The van der Waals surface area contributed by atoms with E-state index in [-0.39, 0.29) is 0 Å². The maximum absolute atomic E-state index is 9.91. The molecule has 0 fully saturated rings. The number of hydrogen-bond acceptors (Lipinski definition) is 2. The van der Waals surface area contributed by atoms with E-state index in [4.69, 9.17) is 4.52 Å². The van der Waals surface area contributed by atoms with Crippen molar-refractivity contribution in [2.45, 2.75) is 71.1 Å². The summed E-state index contributed by atoms with van der Waals surface area (Å²) < 4.78 is 5.52. The summed E-state index contributed by atoms with van der Waals surface area (Å²) in [7, 11) is -1.41. The van der Waals surface area contributed by atoms with Gasteiger partial charge in [-0.05, 0) is 18.6 Å². The summed E-state index contributed by atoms with van der Waals surface area (Å²) in [6, 6.07) is 9.67. The van der Waals surface area contributed by atoms with Gasteiger partial charge in [-0.3, -0.25) is 0 Å². The van der Waals surface area contributed by atoms with Crippen LogP contribution in [0.3, 0.4) is 0 Å². The Balaban J connectivity index is 1.86. The van der Waals surface area contributed by atoms with Crippen molar-refractivity contribution in [1.82, 2.24) is 0 Å². The zero-order chi connectivity index (χ0) is 15.2. The molecule has 1 unspecified atom stereocenters. The third-order valence-corrected chi connectivity index (χ3v) is 4.86. The molecule has 0 radical (unpaired) electrons. The van der Waals surface area contributed by atoms with Crippen molar-refractivity contribution in [2.24, 2.45) is 0 Å². The van der Waals surface area contributed by atoms with E-state index in [1.807, 2.05) is 30.3 Å². The van der Waals surface area contributed by atoms with Crippen molar-refractivity contribution in [2.75, 3.05) is 6.61 Å². The van der Waals surface area contributed by atoms with Crippen molar-refractivity contribution in [3.05, 3.63) is 30.3 Å². The molecule has 0 bridgehead atoms. The molecule has 120 valence electrons. The van der Waals surface area contributed by atoms with Gasteiger partial charge in [-0.2, -0.15) is 0 Å². The van der Waals surface area contributed by atoms with E-state index >= 15 is 0 Å². The van der Waals surface area contributed by atoms with Gasteiger partial charge in [-0.1, -0.05) is 82.9 Å². The van der Waals surface area contributed by atoms with Crippen molar-refractivity contribution >= 4 is 13.7 Å². The molecule has 21 heavy (non-hydrogen) atoms. The molecule has 0 heterocycles. The molecule has 0 amide bonds. The number of unbranched alkanes of at least 4 members (excludes halogenated alkanes) is 9. The first-order chi connectivity index (χ1) is 10.3. The van der Waals surface area contributed by atoms with Gasteiger partial charge in [0.25, 0.3) is 0 Å². The van der Waals surface area contributed by atoms with Gasteiger partial charge in [0.05, 0.1) is 6.61 Å². The highest BCUT2D eigenvalue weighted by Gasteiger charge is 2.07. The molecule has 0 aromatic heterocycles. The first-order valence-electron chi connectivity index (χ1n) is 8.51. The fourth-order valence-corrected chi connectivity index (χ4v) is 3.25. The first-order valence-corrected chi connectivity index (χ1v) is 9.73. The smallest absolute Gasteiger partial charge is 0.202 e. The molecule has 1 atom stereocenters. The van der Waals surface area contributed by atoms with Crippen LogP contribution in [0.25, 0.3) is 0 Å². The molecule has 1 aromatic rings. The minimum absolute atomic E-state index is 0.674. The minimum Gasteiger partial charge on any atom is -0.346 e. The lowest BCUT2D eigenvalue weighted by molar-refractivity contribution is 0.305. The summed E-state index contributed by atoms with van der Waals surface area (Å²) in [6.07, 6.45) is 13.2. The SMILES string of the molecule is CCCCCCCCCCCCOP(O)c1ccccc1. The van der Waals surface area contributed by atoms with Gasteiger partial charge < -0.3 is 9.42 Å². The molecule has 1 aromatic carbocycles. The Morgan fingerprint density at radius 1 is 0.810 bits per heavy atom. The van der Waals surface area contributed by atoms with Gasteiger partial charge in [0, 0.05) is 5.30 Å². The fraction of sp³-hybridized carbons (Fsp3) is 0.667. The van der Waals surface area contributed by atoms with Crippen LogP contribution < -0.4 is 5.30 Å². The Bertz CT molecular complexity index is 329. The van der Waals surface area contributed by atoms with Crippen LogP contribution >= 0.6 is 8.38 Å². The van der Waals surface area contributed by atoms with Crippen molar-refractivity contribution in [3.8, 4) is 0 Å². The van der Waals surface area contributed by atoms with E-state index in [1.165, 1.54) is 57.8 Å². The lowest BCUT2D eigenvalue weighted by Crippen LogP contribution is -2.02. The van der Waals surface area contributed by atoms with Crippen LogP contribution in [0.15, 0.2) is 30.3 Å². The summed E-state index contributed by atoms with van der Waals surface area (Å²) in [5.74, 6) is 0. The standard InChI is InChI=1S/C18H31O2P/c1-2-3-4-5-6-7-8-9-10-14-17-20-21(19)18-15-12-11-13-16-18/h11-13,15-16,19H,2-10,14,17H2,1H3. The summed E-state index contributed by atoms with van der Waals surface area (Å²) in [6.45, 7) is 2.94. The van der Waals surface area contributed by atoms with Crippen LogP contribution in [-0.2, 0) is 4.52 Å². The van der Waals surface area contributed by atoms with Gasteiger partial charge in [-0.15, -0.1) is 0 Å². The minimum atomic E-state index is -1.41. The first kappa shape index (κ1) is 18.6. The maximum atomic E-state index is 9.91. The van der Waals surface area contributed by atoms with Crippen molar-refractivity contribution in [3.63, 3.8) is 0 Å². The molecule has 1 N–H and O–H groups in total. The second-order valence-electron chi connectivity index (χ2n) is 5.62. The summed E-state index contributed by atoms with van der Waals surface area (Å²) in [5.41, 5.74) is 0. The molecule has 0 saturated heterocycles. The lowest BCUT2D eigenvalue weighted by Gasteiger charge is -2.10. The van der Waals surface area contributed by atoms with E-state index in [9.17, 15) is 4.89 Å². The average molecular weight is 310 g/mol. The molecule has 1 rings (SSSR count). The Labute approximate surface area is 131 Å². The average Bonchev–Trinajstić information content (AvgIpc) is 2.53. The van der Waals surface area contributed by atoms with E-state index in [1.54, 1.807) is 0 Å². The second kappa shape index (κ2) is 13.2. The number of benzene rings is 1. The van der Waals surface area contributed by atoms with Crippen molar-refractivity contribution < 1.29 is 9.42 Å². The summed E-state index contributed by atoms with van der Waals surface area (Å²) in [5, 5.41) is 0.902. The van der Waals surface area contributed by atoms with Crippen LogP contribution in [0, 0.1) is 0 Å². The fourth-order valence-electron chi connectivity index (χ4n) is 2.37. The topological polar surface area (TPSA) is 29.5 Å². The largest absolute Gasteiger partial charge is 0.346 e. The van der Waals surface area contributed by atoms with Gasteiger partial charge in [0.2, 0.25) is 8.38 Å². The van der Waals surface area contributed by atoms with E-state index in [0.29, 0.717) is 6.61 Å². The third-order valence-electron chi connectivity index (χ3n) is 3.69. The Hall–Kier alpha value is -0.430. The van der Waals surface area contributed by atoms with Gasteiger partial charge in [0.15, 0.2) is 0 Å². The Morgan fingerprint density at radius 3 is 1.90 bits per heavy atom. The van der Waals surface area contributed by atoms with Crippen molar-refractivity contribution in [1.29, 1.82) is 0 Å². The number of hydrogen-bond donors (Lipinski definition) is 1. The zero-order valence-electron chi connectivity index (χ0n) is 13.5. The van der Waals surface area contributed by atoms with Crippen LogP contribution in [0.2, 0.25) is 0 Å². The van der Waals surface area contributed by atoms with Crippen LogP contribution in [0.4, 0.5) is 0 Å². The quantitative estimate of drug-likeness (QED) is 0.382. The van der Waals surface area contributed by atoms with E-state index < -0.39 is 8.38 Å². The number of rotatable bonds is 13. The highest BCUT2D eigenvalue weighted by Crippen LogP contribution is 2.30. The molecule has 3 heteroatoms. The van der Waals surface area contributed by atoms with Gasteiger partial charge in [0.1, 0.15) is 0 Å². The summed E-state index contributed by atoms with van der Waals surface area (Å²) in [4.78, 5) is 9.91. The van der Waals surface area contributed by atoms with Crippen LogP contribution in [0.1, 0.15) is 71.1 Å². The Kier molecular flexibility index (Phi) is 11.7.